The standard InChI is InChI=1S/C20H32BN3O5/c1-18(2,3)27-17(25)24-9-8-14(12-24)13-26-16-22-10-15(11-23-16)21-28-19(4,5)20(6,7)29-21/h10-11,14H,8-9,12-13H2,1-7H3/t14-/m0/s1. The quantitative estimate of drug-likeness (QED) is 0.712. The van der Waals surface area contributed by atoms with Gasteiger partial charge in [-0.2, -0.15) is 0 Å². The van der Waals surface area contributed by atoms with Gasteiger partial charge in [-0.25, -0.2) is 14.8 Å². The normalized spacial score (nSPS) is 23.3. The number of carbonyl (C=O) groups excluding carboxylic acids is 1. The maximum absolute atomic E-state index is 12.2. The lowest BCUT2D eigenvalue weighted by Gasteiger charge is -2.32. The van der Waals surface area contributed by atoms with Crippen molar-refractivity contribution in [1.82, 2.24) is 14.9 Å². The van der Waals surface area contributed by atoms with E-state index in [0.29, 0.717) is 25.7 Å². The maximum Gasteiger partial charge on any atom is 0.498 e. The predicted molar refractivity (Wildman–Crippen MR) is 109 cm³/mol. The average molecular weight is 405 g/mol. The molecule has 1 amide bonds. The molecule has 0 aromatic carbocycles. The van der Waals surface area contributed by atoms with E-state index in [4.69, 9.17) is 18.8 Å². The monoisotopic (exact) mass is 405 g/mol. The van der Waals surface area contributed by atoms with E-state index in [1.807, 2.05) is 48.5 Å². The molecule has 0 radical (unpaired) electrons. The van der Waals surface area contributed by atoms with Crippen LogP contribution in [0.1, 0.15) is 54.9 Å². The topological polar surface area (TPSA) is 83.0 Å². The molecule has 160 valence electrons. The van der Waals surface area contributed by atoms with Crippen LogP contribution < -0.4 is 10.2 Å². The number of aromatic nitrogens is 2. The first-order valence-electron chi connectivity index (χ1n) is 10.1. The molecule has 0 spiro atoms. The number of carbonyl (C=O) groups is 1. The minimum absolute atomic E-state index is 0.230. The second-order valence-electron chi connectivity index (χ2n) is 9.78. The number of hydrogen-bond donors (Lipinski definition) is 0. The summed E-state index contributed by atoms with van der Waals surface area (Å²) in [5.41, 5.74) is -0.545. The lowest BCUT2D eigenvalue weighted by atomic mass is 9.81. The predicted octanol–water partition coefficient (Wildman–Crippen LogP) is 2.41. The van der Waals surface area contributed by atoms with Crippen LogP contribution in [-0.2, 0) is 14.0 Å². The summed E-state index contributed by atoms with van der Waals surface area (Å²) in [6.07, 6.45) is 3.94. The Kier molecular flexibility index (Phi) is 5.84. The maximum atomic E-state index is 12.2. The molecule has 0 saturated carbocycles. The van der Waals surface area contributed by atoms with Crippen molar-refractivity contribution in [1.29, 1.82) is 0 Å². The highest BCUT2D eigenvalue weighted by Gasteiger charge is 2.52. The largest absolute Gasteiger partial charge is 0.498 e. The third kappa shape index (κ3) is 5.19. The summed E-state index contributed by atoms with van der Waals surface area (Å²) in [4.78, 5) is 22.4. The smallest absolute Gasteiger partial charge is 0.463 e. The fourth-order valence-corrected chi connectivity index (χ4v) is 3.15. The van der Waals surface area contributed by atoms with Gasteiger partial charge in [0.15, 0.2) is 0 Å². The van der Waals surface area contributed by atoms with Crippen molar-refractivity contribution in [2.75, 3.05) is 19.7 Å². The first kappa shape index (κ1) is 21.8. The van der Waals surface area contributed by atoms with Crippen molar-refractivity contribution in [3.8, 4) is 6.01 Å². The molecule has 0 unspecified atom stereocenters. The highest BCUT2D eigenvalue weighted by molar-refractivity contribution is 6.61. The Labute approximate surface area is 173 Å². The number of ether oxygens (including phenoxy) is 2. The Hall–Kier alpha value is -1.87. The Balaban J connectivity index is 1.49. The number of likely N-dealkylation sites (tertiary alicyclic amines) is 1. The van der Waals surface area contributed by atoms with Gasteiger partial charge in [-0.3, -0.25) is 0 Å². The van der Waals surface area contributed by atoms with Crippen molar-refractivity contribution in [2.45, 2.75) is 71.7 Å². The van der Waals surface area contributed by atoms with E-state index in [-0.39, 0.29) is 12.0 Å². The lowest BCUT2D eigenvalue weighted by Crippen LogP contribution is -2.41. The second kappa shape index (κ2) is 7.76. The molecule has 0 bridgehead atoms. The summed E-state index contributed by atoms with van der Waals surface area (Å²) in [5, 5.41) is 0. The van der Waals surface area contributed by atoms with Gasteiger partial charge in [-0.05, 0) is 54.9 Å². The molecule has 3 rings (SSSR count). The number of hydrogen-bond acceptors (Lipinski definition) is 7. The van der Waals surface area contributed by atoms with Gasteiger partial charge in [0, 0.05) is 36.9 Å². The van der Waals surface area contributed by atoms with Crippen molar-refractivity contribution < 1.29 is 23.6 Å². The van der Waals surface area contributed by atoms with E-state index in [2.05, 4.69) is 9.97 Å². The van der Waals surface area contributed by atoms with Crippen LogP contribution in [0.25, 0.3) is 0 Å². The van der Waals surface area contributed by atoms with Crippen LogP contribution in [0.5, 0.6) is 6.01 Å². The molecule has 3 heterocycles. The van der Waals surface area contributed by atoms with Crippen LogP contribution in [-0.4, -0.2) is 64.6 Å². The Morgan fingerprint density at radius 3 is 2.34 bits per heavy atom. The van der Waals surface area contributed by atoms with Gasteiger partial charge < -0.3 is 23.7 Å². The molecule has 2 aliphatic rings. The molecule has 0 N–H and O–H groups in total. The molecule has 2 fully saturated rings. The van der Waals surface area contributed by atoms with Crippen molar-refractivity contribution in [3.63, 3.8) is 0 Å². The molecule has 2 saturated heterocycles. The Morgan fingerprint density at radius 1 is 1.21 bits per heavy atom. The number of nitrogens with zero attached hydrogens (tertiary/aromatic N) is 3. The lowest BCUT2D eigenvalue weighted by molar-refractivity contribution is 0.00578. The summed E-state index contributed by atoms with van der Waals surface area (Å²) in [5.74, 6) is 0.230. The molecule has 29 heavy (non-hydrogen) atoms. The highest BCUT2D eigenvalue weighted by Crippen LogP contribution is 2.36. The zero-order chi connectivity index (χ0) is 21.4. The van der Waals surface area contributed by atoms with Crippen LogP contribution in [0, 0.1) is 5.92 Å². The summed E-state index contributed by atoms with van der Waals surface area (Å²) in [6.45, 7) is 15.4. The van der Waals surface area contributed by atoms with E-state index in [0.717, 1.165) is 11.9 Å². The molecule has 0 aliphatic carbocycles. The molecular weight excluding hydrogens is 373 g/mol. The third-order valence-electron chi connectivity index (χ3n) is 5.56. The van der Waals surface area contributed by atoms with E-state index >= 15 is 0 Å². The Bertz CT molecular complexity index is 717. The summed E-state index contributed by atoms with van der Waals surface area (Å²) < 4.78 is 23.2. The SMILES string of the molecule is CC(C)(C)OC(=O)N1CC[C@H](COc2ncc(B3OC(C)(C)C(C)(C)O3)cn2)C1. The molecule has 2 aliphatic heterocycles. The van der Waals surface area contributed by atoms with Gasteiger partial charge in [-0.1, -0.05) is 0 Å². The molecule has 9 heteroatoms. The van der Waals surface area contributed by atoms with Crippen LogP contribution in [0.15, 0.2) is 12.4 Å². The number of rotatable bonds is 4. The summed E-state index contributed by atoms with van der Waals surface area (Å²) >= 11 is 0. The van der Waals surface area contributed by atoms with Gasteiger partial charge in [0.25, 0.3) is 0 Å². The van der Waals surface area contributed by atoms with Crippen LogP contribution in [0.3, 0.4) is 0 Å². The average Bonchev–Trinajstić information content (AvgIpc) is 3.14. The molecule has 1 aromatic heterocycles. The molecular formula is C20H32BN3O5. The zero-order valence-electron chi connectivity index (χ0n) is 18.5. The number of amides is 1. The highest BCUT2D eigenvalue weighted by atomic mass is 16.7. The van der Waals surface area contributed by atoms with Gasteiger partial charge in [0.05, 0.1) is 17.8 Å². The van der Waals surface area contributed by atoms with Gasteiger partial charge in [0.2, 0.25) is 0 Å². The minimum Gasteiger partial charge on any atom is -0.463 e. The van der Waals surface area contributed by atoms with Crippen molar-refractivity contribution in [2.24, 2.45) is 5.92 Å². The molecule has 1 atom stereocenters. The van der Waals surface area contributed by atoms with Crippen molar-refractivity contribution >= 4 is 18.7 Å². The van der Waals surface area contributed by atoms with Crippen LogP contribution >= 0.6 is 0 Å². The first-order chi connectivity index (χ1) is 13.4. The fourth-order valence-electron chi connectivity index (χ4n) is 3.15. The van der Waals surface area contributed by atoms with Crippen molar-refractivity contribution in [3.05, 3.63) is 12.4 Å². The van der Waals surface area contributed by atoms with E-state index < -0.39 is 23.9 Å². The van der Waals surface area contributed by atoms with Crippen LogP contribution in [0.2, 0.25) is 0 Å². The first-order valence-corrected chi connectivity index (χ1v) is 10.1. The van der Waals surface area contributed by atoms with Crippen LogP contribution in [0.4, 0.5) is 4.79 Å². The van der Waals surface area contributed by atoms with E-state index in [1.54, 1.807) is 17.3 Å². The van der Waals surface area contributed by atoms with E-state index in [1.165, 1.54) is 0 Å². The van der Waals surface area contributed by atoms with E-state index in [9.17, 15) is 4.79 Å². The molecule has 1 aromatic rings. The molecule has 8 nitrogen and oxygen atoms in total. The summed E-state index contributed by atoms with van der Waals surface area (Å²) in [7, 11) is -0.494. The second-order valence-corrected chi connectivity index (χ2v) is 9.78. The van der Waals surface area contributed by atoms with Gasteiger partial charge in [-0.15, -0.1) is 0 Å². The summed E-state index contributed by atoms with van der Waals surface area (Å²) in [6, 6.07) is 0.306. The third-order valence-corrected chi connectivity index (χ3v) is 5.56. The Morgan fingerprint density at radius 2 is 1.79 bits per heavy atom. The van der Waals surface area contributed by atoms with Gasteiger partial charge in [0.1, 0.15) is 5.60 Å². The zero-order valence-corrected chi connectivity index (χ0v) is 18.5. The minimum atomic E-state index is -0.494. The fraction of sp³-hybridized carbons (Fsp3) is 0.750. The van der Waals surface area contributed by atoms with Gasteiger partial charge >= 0.3 is 19.2 Å².